The second-order valence-corrected chi connectivity index (χ2v) is 6.58. The predicted octanol–water partition coefficient (Wildman–Crippen LogP) is 4.43. The molecule has 132 valence electrons. The van der Waals surface area contributed by atoms with Crippen molar-refractivity contribution in [2.75, 3.05) is 5.32 Å². The first-order valence-electron chi connectivity index (χ1n) is 7.98. The fourth-order valence-corrected chi connectivity index (χ4v) is 2.77. The molecule has 6 nitrogen and oxygen atoms in total. The Morgan fingerprint density at radius 3 is 2.44 bits per heavy atom. The predicted molar refractivity (Wildman–Crippen MR) is 101 cm³/mol. The van der Waals surface area contributed by atoms with E-state index in [9.17, 15) is 14.9 Å². The molecule has 0 bridgehead atoms. The number of hydrogen-bond donors (Lipinski definition) is 2. The third-order valence-electron chi connectivity index (χ3n) is 3.88. The van der Waals surface area contributed by atoms with Crippen LogP contribution in [-0.4, -0.2) is 16.9 Å². The molecule has 25 heavy (non-hydrogen) atoms. The lowest BCUT2D eigenvalue weighted by Gasteiger charge is -2.22. The Labute approximate surface area is 154 Å². The Balaban J connectivity index is 2.07. The fraction of sp³-hybridized carbons (Fsp3) is 0.278. The van der Waals surface area contributed by atoms with Crippen LogP contribution in [0.5, 0.6) is 0 Å². The SMILES string of the molecule is CC[C@H](N[C@H](C)C(=O)Nc1ccccc1[N+](=O)[O-])c1ccc(Br)cc1. The highest BCUT2D eigenvalue weighted by Crippen LogP contribution is 2.24. The summed E-state index contributed by atoms with van der Waals surface area (Å²) in [4.78, 5) is 23.0. The van der Waals surface area contributed by atoms with Crippen LogP contribution in [0.4, 0.5) is 11.4 Å². The van der Waals surface area contributed by atoms with E-state index in [4.69, 9.17) is 0 Å². The standard InChI is InChI=1S/C18H20BrN3O3/c1-3-15(13-8-10-14(19)11-9-13)20-12(2)18(23)21-16-6-4-5-7-17(16)22(24)25/h4-12,15,20H,3H2,1-2H3,(H,21,23)/t12-,15+/m1/s1. The van der Waals surface area contributed by atoms with E-state index in [2.05, 4.69) is 26.6 Å². The van der Waals surface area contributed by atoms with E-state index in [0.29, 0.717) is 0 Å². The molecule has 0 heterocycles. The van der Waals surface area contributed by atoms with Gasteiger partial charge in [-0.05, 0) is 37.1 Å². The number of carbonyl (C=O) groups excluding carboxylic acids is 1. The summed E-state index contributed by atoms with van der Waals surface area (Å²) in [5.41, 5.74) is 1.15. The molecule has 1 amide bonds. The molecule has 0 aromatic heterocycles. The van der Waals surface area contributed by atoms with Crippen molar-refractivity contribution in [3.8, 4) is 0 Å². The number of nitrogens with zero attached hydrogens (tertiary/aromatic N) is 1. The molecule has 0 spiro atoms. The summed E-state index contributed by atoms with van der Waals surface area (Å²) in [6.45, 7) is 3.78. The quantitative estimate of drug-likeness (QED) is 0.527. The number of carbonyl (C=O) groups is 1. The summed E-state index contributed by atoms with van der Waals surface area (Å²) in [7, 11) is 0. The van der Waals surface area contributed by atoms with E-state index in [1.54, 1.807) is 19.1 Å². The van der Waals surface area contributed by atoms with Gasteiger partial charge in [0.1, 0.15) is 5.69 Å². The zero-order chi connectivity index (χ0) is 18.4. The topological polar surface area (TPSA) is 84.3 Å². The number of nitrogens with one attached hydrogen (secondary N) is 2. The van der Waals surface area contributed by atoms with E-state index in [1.807, 2.05) is 31.2 Å². The minimum Gasteiger partial charge on any atom is -0.319 e. The molecule has 0 fully saturated rings. The Morgan fingerprint density at radius 2 is 1.84 bits per heavy atom. The van der Waals surface area contributed by atoms with Crippen LogP contribution < -0.4 is 10.6 Å². The maximum absolute atomic E-state index is 12.4. The molecular formula is C18H20BrN3O3. The minimum absolute atomic E-state index is 0.0135. The van der Waals surface area contributed by atoms with Crippen LogP contribution in [-0.2, 0) is 4.79 Å². The summed E-state index contributed by atoms with van der Waals surface area (Å²) in [5, 5.41) is 16.9. The average Bonchev–Trinajstić information content (AvgIpc) is 2.60. The maximum atomic E-state index is 12.4. The Bertz CT molecular complexity index is 749. The van der Waals surface area contributed by atoms with Gasteiger partial charge in [-0.25, -0.2) is 0 Å². The third-order valence-corrected chi connectivity index (χ3v) is 4.41. The van der Waals surface area contributed by atoms with Crippen molar-refractivity contribution in [1.82, 2.24) is 5.32 Å². The number of benzene rings is 2. The normalized spacial score (nSPS) is 13.1. The molecule has 0 unspecified atom stereocenters. The molecule has 0 radical (unpaired) electrons. The average molecular weight is 406 g/mol. The van der Waals surface area contributed by atoms with E-state index in [1.165, 1.54) is 12.1 Å². The second kappa shape index (κ2) is 8.73. The molecule has 7 heteroatoms. The van der Waals surface area contributed by atoms with Crippen LogP contribution in [0.3, 0.4) is 0 Å². The van der Waals surface area contributed by atoms with Gasteiger partial charge in [0.15, 0.2) is 0 Å². The molecule has 2 aromatic carbocycles. The van der Waals surface area contributed by atoms with Crippen molar-refractivity contribution < 1.29 is 9.72 Å². The highest BCUT2D eigenvalue weighted by Gasteiger charge is 2.21. The van der Waals surface area contributed by atoms with Crippen LogP contribution in [0.1, 0.15) is 31.9 Å². The lowest BCUT2D eigenvalue weighted by Crippen LogP contribution is -2.40. The molecule has 2 N–H and O–H groups in total. The number of halogens is 1. The van der Waals surface area contributed by atoms with Gasteiger partial charge in [0, 0.05) is 16.6 Å². The first-order valence-corrected chi connectivity index (χ1v) is 8.77. The van der Waals surface area contributed by atoms with Crippen molar-refractivity contribution in [2.24, 2.45) is 0 Å². The van der Waals surface area contributed by atoms with Crippen LogP contribution in [0.15, 0.2) is 53.0 Å². The summed E-state index contributed by atoms with van der Waals surface area (Å²) in [6, 6.07) is 13.5. The van der Waals surface area contributed by atoms with E-state index >= 15 is 0 Å². The molecule has 0 aliphatic rings. The maximum Gasteiger partial charge on any atom is 0.292 e. The second-order valence-electron chi connectivity index (χ2n) is 5.66. The van der Waals surface area contributed by atoms with Gasteiger partial charge < -0.3 is 5.32 Å². The molecule has 0 saturated carbocycles. The first kappa shape index (κ1) is 19.1. The van der Waals surface area contributed by atoms with Crippen molar-refractivity contribution in [1.29, 1.82) is 0 Å². The highest BCUT2D eigenvalue weighted by atomic mass is 79.9. The Morgan fingerprint density at radius 1 is 1.20 bits per heavy atom. The van der Waals surface area contributed by atoms with Gasteiger partial charge in [-0.2, -0.15) is 0 Å². The van der Waals surface area contributed by atoms with Gasteiger partial charge in [0.2, 0.25) is 5.91 Å². The number of hydrogen-bond acceptors (Lipinski definition) is 4. The number of anilines is 1. The lowest BCUT2D eigenvalue weighted by molar-refractivity contribution is -0.383. The third kappa shape index (κ3) is 5.11. The zero-order valence-electron chi connectivity index (χ0n) is 14.0. The summed E-state index contributed by atoms with van der Waals surface area (Å²) in [5.74, 6) is -0.315. The monoisotopic (exact) mass is 405 g/mol. The van der Waals surface area contributed by atoms with Crippen LogP contribution in [0, 0.1) is 10.1 Å². The summed E-state index contributed by atoms with van der Waals surface area (Å²) < 4.78 is 0.994. The van der Waals surface area contributed by atoms with Crippen LogP contribution in [0.2, 0.25) is 0 Å². The summed E-state index contributed by atoms with van der Waals surface area (Å²) >= 11 is 3.41. The van der Waals surface area contributed by atoms with Gasteiger partial charge in [0.05, 0.1) is 11.0 Å². The number of para-hydroxylation sites is 2. The van der Waals surface area contributed by atoms with E-state index in [0.717, 1.165) is 16.5 Å². The van der Waals surface area contributed by atoms with Crippen molar-refractivity contribution in [3.05, 3.63) is 68.7 Å². The Hall–Kier alpha value is -2.25. The molecule has 0 aliphatic carbocycles. The minimum atomic E-state index is -0.510. The van der Waals surface area contributed by atoms with Gasteiger partial charge in [-0.1, -0.05) is 47.1 Å². The van der Waals surface area contributed by atoms with Crippen LogP contribution >= 0.6 is 15.9 Å². The number of rotatable bonds is 7. The van der Waals surface area contributed by atoms with Gasteiger partial charge >= 0.3 is 0 Å². The van der Waals surface area contributed by atoms with Crippen molar-refractivity contribution in [3.63, 3.8) is 0 Å². The van der Waals surface area contributed by atoms with E-state index < -0.39 is 11.0 Å². The lowest BCUT2D eigenvalue weighted by atomic mass is 10.0. The number of amides is 1. The largest absolute Gasteiger partial charge is 0.319 e. The first-order chi connectivity index (χ1) is 11.9. The molecule has 2 rings (SSSR count). The highest BCUT2D eigenvalue weighted by molar-refractivity contribution is 9.10. The van der Waals surface area contributed by atoms with Crippen LogP contribution in [0.25, 0.3) is 0 Å². The molecule has 2 atom stereocenters. The summed E-state index contributed by atoms with van der Waals surface area (Å²) in [6.07, 6.45) is 0.810. The van der Waals surface area contributed by atoms with E-state index in [-0.39, 0.29) is 23.3 Å². The van der Waals surface area contributed by atoms with Crippen molar-refractivity contribution in [2.45, 2.75) is 32.4 Å². The number of nitro benzene ring substituents is 1. The smallest absolute Gasteiger partial charge is 0.292 e. The molecular weight excluding hydrogens is 386 g/mol. The molecule has 2 aromatic rings. The van der Waals surface area contributed by atoms with Gasteiger partial charge in [-0.3, -0.25) is 20.2 Å². The molecule has 0 saturated heterocycles. The fourth-order valence-electron chi connectivity index (χ4n) is 2.50. The number of nitro groups is 1. The van der Waals surface area contributed by atoms with Crippen molar-refractivity contribution >= 4 is 33.2 Å². The van der Waals surface area contributed by atoms with Gasteiger partial charge in [0.25, 0.3) is 5.69 Å². The molecule has 0 aliphatic heterocycles. The van der Waals surface area contributed by atoms with Gasteiger partial charge in [-0.15, -0.1) is 0 Å². The Kier molecular flexibility index (Phi) is 6.66. The zero-order valence-corrected chi connectivity index (χ0v) is 15.6.